The lowest BCUT2D eigenvalue weighted by Crippen LogP contribution is -2.23. The summed E-state index contributed by atoms with van der Waals surface area (Å²) >= 11 is 11.9. The van der Waals surface area contributed by atoms with E-state index in [0.717, 1.165) is 0 Å². The summed E-state index contributed by atoms with van der Waals surface area (Å²) in [6.07, 6.45) is 0.228. The zero-order valence-electron chi connectivity index (χ0n) is 10.1. The van der Waals surface area contributed by atoms with Crippen molar-refractivity contribution >= 4 is 29.2 Å². The molecular weight excluding hydrogens is 280 g/mol. The fourth-order valence-corrected chi connectivity index (χ4v) is 2.23. The molecule has 0 amide bonds. The van der Waals surface area contributed by atoms with E-state index in [1.54, 1.807) is 6.92 Å². The molecule has 0 aliphatic heterocycles. The molecule has 6 heteroatoms. The highest BCUT2D eigenvalue weighted by atomic mass is 35.5. The standard InChI is InChI=1S/C12H14Cl2FNO2/c1-7(16-6-5-10(17)18-2)11-8(13)3-4-9(15)12(11)14/h3-4,7,16H,5-6H2,1-2H3. The summed E-state index contributed by atoms with van der Waals surface area (Å²) in [5, 5.41) is 3.43. The van der Waals surface area contributed by atoms with Crippen molar-refractivity contribution in [2.75, 3.05) is 13.7 Å². The van der Waals surface area contributed by atoms with Gasteiger partial charge in [0.25, 0.3) is 0 Å². The van der Waals surface area contributed by atoms with Crippen LogP contribution < -0.4 is 5.32 Å². The highest BCUT2D eigenvalue weighted by Crippen LogP contribution is 2.32. The average Bonchev–Trinajstić information content (AvgIpc) is 2.34. The topological polar surface area (TPSA) is 38.3 Å². The first-order valence-corrected chi connectivity index (χ1v) is 6.16. The first kappa shape index (κ1) is 15.2. The average molecular weight is 294 g/mol. The van der Waals surface area contributed by atoms with Gasteiger partial charge in [0.1, 0.15) is 5.82 Å². The molecule has 0 aromatic heterocycles. The van der Waals surface area contributed by atoms with Crippen molar-refractivity contribution in [1.29, 1.82) is 0 Å². The minimum absolute atomic E-state index is 0.000526. The molecule has 1 aromatic rings. The second-order valence-corrected chi connectivity index (χ2v) is 4.54. The van der Waals surface area contributed by atoms with Gasteiger partial charge >= 0.3 is 5.97 Å². The lowest BCUT2D eigenvalue weighted by atomic mass is 10.1. The van der Waals surface area contributed by atoms with Crippen LogP contribution >= 0.6 is 23.2 Å². The molecule has 3 nitrogen and oxygen atoms in total. The first-order valence-electron chi connectivity index (χ1n) is 5.41. The van der Waals surface area contributed by atoms with E-state index < -0.39 is 5.82 Å². The molecule has 0 radical (unpaired) electrons. The van der Waals surface area contributed by atoms with Crippen molar-refractivity contribution in [2.45, 2.75) is 19.4 Å². The third kappa shape index (κ3) is 3.83. The largest absolute Gasteiger partial charge is 0.469 e. The van der Waals surface area contributed by atoms with E-state index in [2.05, 4.69) is 10.1 Å². The highest BCUT2D eigenvalue weighted by molar-refractivity contribution is 6.36. The quantitative estimate of drug-likeness (QED) is 0.668. The number of methoxy groups -OCH3 is 1. The third-order valence-electron chi connectivity index (χ3n) is 2.52. The molecule has 0 fully saturated rings. The molecule has 0 heterocycles. The normalized spacial score (nSPS) is 12.3. The number of carbonyl (C=O) groups excluding carboxylic acids is 1. The summed E-state index contributed by atoms with van der Waals surface area (Å²) in [6.45, 7) is 2.20. The third-order valence-corrected chi connectivity index (χ3v) is 3.23. The molecule has 0 aliphatic carbocycles. The van der Waals surface area contributed by atoms with E-state index in [-0.39, 0.29) is 23.5 Å². The lowest BCUT2D eigenvalue weighted by Gasteiger charge is -2.17. The first-order chi connectivity index (χ1) is 8.47. The van der Waals surface area contributed by atoms with Gasteiger partial charge in [-0.15, -0.1) is 0 Å². The van der Waals surface area contributed by atoms with Gasteiger partial charge in [-0.3, -0.25) is 4.79 Å². The van der Waals surface area contributed by atoms with Crippen LogP contribution in [0.4, 0.5) is 4.39 Å². The summed E-state index contributed by atoms with van der Waals surface area (Å²) in [5.74, 6) is -0.830. The van der Waals surface area contributed by atoms with E-state index in [1.807, 2.05) is 0 Å². The predicted molar refractivity (Wildman–Crippen MR) is 69.5 cm³/mol. The molecule has 1 atom stereocenters. The Morgan fingerprint density at radius 1 is 1.50 bits per heavy atom. The van der Waals surface area contributed by atoms with Crippen LogP contribution in [0, 0.1) is 5.82 Å². The number of esters is 1. The Balaban J connectivity index is 2.70. The molecule has 0 bridgehead atoms. The van der Waals surface area contributed by atoms with Gasteiger partial charge in [0.15, 0.2) is 0 Å². The van der Waals surface area contributed by atoms with E-state index in [1.165, 1.54) is 19.2 Å². The number of nitrogens with one attached hydrogen (secondary N) is 1. The maximum atomic E-state index is 13.3. The van der Waals surface area contributed by atoms with Crippen molar-refractivity contribution in [1.82, 2.24) is 5.32 Å². The molecular formula is C12H14Cl2FNO2. The number of rotatable bonds is 5. The second kappa shape index (κ2) is 6.92. The maximum Gasteiger partial charge on any atom is 0.306 e. The predicted octanol–water partition coefficient (Wildman–Crippen LogP) is 3.35. The Labute approximate surface area is 115 Å². The van der Waals surface area contributed by atoms with E-state index >= 15 is 0 Å². The number of halogens is 3. The molecule has 1 N–H and O–H groups in total. The van der Waals surface area contributed by atoms with Crippen molar-refractivity contribution in [3.8, 4) is 0 Å². The molecule has 1 aromatic carbocycles. The number of carbonyl (C=O) groups is 1. The molecule has 0 saturated carbocycles. The highest BCUT2D eigenvalue weighted by Gasteiger charge is 2.16. The van der Waals surface area contributed by atoms with Gasteiger partial charge in [-0.2, -0.15) is 0 Å². The second-order valence-electron chi connectivity index (χ2n) is 3.76. The van der Waals surface area contributed by atoms with Gasteiger partial charge in [-0.05, 0) is 19.1 Å². The molecule has 0 spiro atoms. The van der Waals surface area contributed by atoms with Crippen LogP contribution in [0.5, 0.6) is 0 Å². The van der Waals surface area contributed by atoms with Crippen molar-refractivity contribution in [3.05, 3.63) is 33.6 Å². The molecule has 18 heavy (non-hydrogen) atoms. The van der Waals surface area contributed by atoms with E-state index in [9.17, 15) is 9.18 Å². The Hall–Kier alpha value is -0.840. The van der Waals surface area contributed by atoms with E-state index in [0.29, 0.717) is 17.1 Å². The van der Waals surface area contributed by atoms with Gasteiger partial charge < -0.3 is 10.1 Å². The van der Waals surface area contributed by atoms with Crippen LogP contribution in [0.2, 0.25) is 10.0 Å². The van der Waals surface area contributed by atoms with E-state index in [4.69, 9.17) is 23.2 Å². The summed E-state index contributed by atoms with van der Waals surface area (Å²) in [6, 6.07) is 2.41. The zero-order chi connectivity index (χ0) is 13.7. The monoisotopic (exact) mass is 293 g/mol. The Morgan fingerprint density at radius 3 is 2.78 bits per heavy atom. The minimum atomic E-state index is -0.516. The summed E-state index contributed by atoms with van der Waals surface area (Å²) in [7, 11) is 1.33. The Morgan fingerprint density at radius 2 is 2.17 bits per heavy atom. The molecule has 0 aliphatic rings. The van der Waals surface area contributed by atoms with Gasteiger partial charge in [-0.1, -0.05) is 23.2 Å². The van der Waals surface area contributed by atoms with Gasteiger partial charge in [0, 0.05) is 23.2 Å². The smallest absolute Gasteiger partial charge is 0.306 e. The minimum Gasteiger partial charge on any atom is -0.469 e. The van der Waals surface area contributed by atoms with Crippen LogP contribution in [0.25, 0.3) is 0 Å². The maximum absolute atomic E-state index is 13.3. The number of ether oxygens (including phenoxy) is 1. The van der Waals surface area contributed by atoms with Crippen molar-refractivity contribution < 1.29 is 13.9 Å². The van der Waals surface area contributed by atoms with Crippen LogP contribution in [-0.2, 0) is 9.53 Å². The molecule has 1 rings (SSSR count). The van der Waals surface area contributed by atoms with Crippen LogP contribution in [-0.4, -0.2) is 19.6 Å². The van der Waals surface area contributed by atoms with Gasteiger partial charge in [0.2, 0.25) is 0 Å². The molecule has 1 unspecified atom stereocenters. The lowest BCUT2D eigenvalue weighted by molar-refractivity contribution is -0.140. The fraction of sp³-hybridized carbons (Fsp3) is 0.417. The molecule has 100 valence electrons. The summed E-state index contributed by atoms with van der Waals surface area (Å²) in [5.41, 5.74) is 0.489. The van der Waals surface area contributed by atoms with Gasteiger partial charge in [-0.25, -0.2) is 4.39 Å². The van der Waals surface area contributed by atoms with Crippen LogP contribution in [0.1, 0.15) is 24.9 Å². The van der Waals surface area contributed by atoms with Gasteiger partial charge in [0.05, 0.1) is 18.6 Å². The Bertz CT molecular complexity index is 440. The summed E-state index contributed by atoms with van der Waals surface area (Å²) < 4.78 is 17.8. The summed E-state index contributed by atoms with van der Waals surface area (Å²) in [4.78, 5) is 10.9. The SMILES string of the molecule is COC(=O)CCNC(C)c1c(Cl)ccc(F)c1Cl. The zero-order valence-corrected chi connectivity index (χ0v) is 11.6. The number of benzene rings is 1. The Kier molecular flexibility index (Phi) is 5.85. The number of hydrogen-bond donors (Lipinski definition) is 1. The molecule has 0 saturated heterocycles. The fourth-order valence-electron chi connectivity index (χ4n) is 1.53. The van der Waals surface area contributed by atoms with Crippen molar-refractivity contribution in [2.24, 2.45) is 0 Å². The number of hydrogen-bond acceptors (Lipinski definition) is 3. The van der Waals surface area contributed by atoms with Crippen LogP contribution in [0.3, 0.4) is 0 Å². The van der Waals surface area contributed by atoms with Crippen molar-refractivity contribution in [3.63, 3.8) is 0 Å². The van der Waals surface area contributed by atoms with Crippen LogP contribution in [0.15, 0.2) is 12.1 Å².